The first kappa shape index (κ1) is 9.08. The van der Waals surface area contributed by atoms with Crippen LogP contribution >= 0.6 is 11.7 Å². The van der Waals surface area contributed by atoms with Gasteiger partial charge in [0.25, 0.3) is 0 Å². The van der Waals surface area contributed by atoms with Crippen molar-refractivity contribution in [3.05, 3.63) is 29.6 Å². The average molecular weight is 209 g/mol. The van der Waals surface area contributed by atoms with E-state index in [-0.39, 0.29) is 5.82 Å². The number of hydrogen-bond donors (Lipinski definition) is 1. The predicted molar refractivity (Wildman–Crippen MR) is 54.5 cm³/mol. The van der Waals surface area contributed by atoms with Crippen LogP contribution in [-0.4, -0.2) is 8.75 Å². The molecule has 0 unspecified atom stereocenters. The minimum atomic E-state index is -0.285. The smallest absolute Gasteiger partial charge is 0.165 e. The molecular formula is C9H8FN3S. The maximum atomic E-state index is 13.1. The summed E-state index contributed by atoms with van der Waals surface area (Å²) in [7, 11) is 0. The molecule has 1 heterocycles. The summed E-state index contributed by atoms with van der Waals surface area (Å²) >= 11 is 1.03. The topological polar surface area (TPSA) is 51.8 Å². The minimum absolute atomic E-state index is 0.285. The van der Waals surface area contributed by atoms with E-state index in [1.807, 2.05) is 13.0 Å². The van der Waals surface area contributed by atoms with Crippen molar-refractivity contribution in [3.63, 3.8) is 0 Å². The maximum absolute atomic E-state index is 13.1. The summed E-state index contributed by atoms with van der Waals surface area (Å²) in [5.41, 5.74) is 7.66. The minimum Gasteiger partial charge on any atom is -0.381 e. The third kappa shape index (κ3) is 1.58. The Kier molecular flexibility index (Phi) is 2.17. The van der Waals surface area contributed by atoms with Gasteiger partial charge in [0, 0.05) is 5.56 Å². The van der Waals surface area contributed by atoms with Crippen molar-refractivity contribution in [2.24, 2.45) is 0 Å². The number of anilines is 1. The molecule has 72 valence electrons. The van der Waals surface area contributed by atoms with E-state index in [2.05, 4.69) is 8.75 Å². The summed E-state index contributed by atoms with van der Waals surface area (Å²) in [5, 5.41) is 0. The predicted octanol–water partition coefficient (Wildman–Crippen LogP) is 2.23. The van der Waals surface area contributed by atoms with Gasteiger partial charge in [0.2, 0.25) is 0 Å². The molecule has 2 N–H and O–H groups in total. The van der Waals surface area contributed by atoms with Gasteiger partial charge in [0.15, 0.2) is 5.82 Å². The Balaban J connectivity index is 2.57. The van der Waals surface area contributed by atoms with Crippen LogP contribution < -0.4 is 5.73 Å². The molecule has 0 amide bonds. The van der Waals surface area contributed by atoms with Gasteiger partial charge in [0.05, 0.1) is 11.7 Å². The molecule has 0 aliphatic rings. The molecule has 0 bridgehead atoms. The Labute approximate surface area is 84.7 Å². The molecule has 0 spiro atoms. The third-order valence-electron chi connectivity index (χ3n) is 1.83. The van der Waals surface area contributed by atoms with E-state index in [1.54, 1.807) is 0 Å². The fraction of sp³-hybridized carbons (Fsp3) is 0.111. The van der Waals surface area contributed by atoms with Gasteiger partial charge in [-0.2, -0.15) is 8.75 Å². The van der Waals surface area contributed by atoms with Gasteiger partial charge in [-0.05, 0) is 30.7 Å². The Morgan fingerprint density at radius 1 is 1.29 bits per heavy atom. The molecule has 0 radical (unpaired) electrons. The SMILES string of the molecule is Cc1cc(F)cc(-c2nsnc2N)c1. The fourth-order valence-electron chi connectivity index (χ4n) is 1.27. The molecule has 2 aromatic rings. The summed E-state index contributed by atoms with van der Waals surface area (Å²) in [6.07, 6.45) is 0. The molecule has 2 rings (SSSR count). The lowest BCUT2D eigenvalue weighted by molar-refractivity contribution is 0.627. The highest BCUT2D eigenvalue weighted by atomic mass is 32.1. The highest BCUT2D eigenvalue weighted by Crippen LogP contribution is 2.25. The third-order valence-corrected chi connectivity index (χ3v) is 2.37. The number of rotatable bonds is 1. The van der Waals surface area contributed by atoms with Crippen LogP contribution in [0, 0.1) is 12.7 Å². The maximum Gasteiger partial charge on any atom is 0.165 e. The van der Waals surface area contributed by atoms with E-state index in [9.17, 15) is 4.39 Å². The first-order valence-corrected chi connectivity index (χ1v) is 4.75. The van der Waals surface area contributed by atoms with Gasteiger partial charge in [0.1, 0.15) is 11.5 Å². The van der Waals surface area contributed by atoms with Crippen molar-refractivity contribution in [2.75, 3.05) is 5.73 Å². The van der Waals surface area contributed by atoms with Crippen LogP contribution in [-0.2, 0) is 0 Å². The molecule has 0 aliphatic carbocycles. The van der Waals surface area contributed by atoms with Crippen molar-refractivity contribution in [1.82, 2.24) is 8.75 Å². The molecule has 14 heavy (non-hydrogen) atoms. The van der Waals surface area contributed by atoms with E-state index < -0.39 is 0 Å². The molecule has 1 aromatic carbocycles. The van der Waals surface area contributed by atoms with Crippen LogP contribution in [0.3, 0.4) is 0 Å². The standard InChI is InChI=1S/C9H8FN3S/c1-5-2-6(4-7(10)3-5)8-9(11)13-14-12-8/h2-4H,1H3,(H2,11,13). The van der Waals surface area contributed by atoms with Crippen molar-refractivity contribution >= 4 is 17.5 Å². The Morgan fingerprint density at radius 3 is 2.64 bits per heavy atom. The van der Waals surface area contributed by atoms with Crippen molar-refractivity contribution in [1.29, 1.82) is 0 Å². The summed E-state index contributed by atoms with van der Waals surface area (Å²) < 4.78 is 20.9. The summed E-state index contributed by atoms with van der Waals surface area (Å²) in [6, 6.07) is 4.69. The summed E-state index contributed by atoms with van der Waals surface area (Å²) in [4.78, 5) is 0. The first-order valence-electron chi connectivity index (χ1n) is 4.02. The fourth-order valence-corrected chi connectivity index (χ4v) is 1.76. The lowest BCUT2D eigenvalue weighted by Gasteiger charge is -1.99. The van der Waals surface area contributed by atoms with Crippen LogP contribution in [0.5, 0.6) is 0 Å². The second-order valence-corrected chi connectivity index (χ2v) is 3.54. The number of nitrogen functional groups attached to an aromatic ring is 1. The number of aryl methyl sites for hydroxylation is 1. The van der Waals surface area contributed by atoms with E-state index >= 15 is 0 Å². The number of aromatic nitrogens is 2. The van der Waals surface area contributed by atoms with Crippen molar-refractivity contribution in [3.8, 4) is 11.3 Å². The summed E-state index contributed by atoms with van der Waals surface area (Å²) in [6.45, 7) is 1.82. The van der Waals surface area contributed by atoms with Crippen LogP contribution in [0.4, 0.5) is 10.2 Å². The van der Waals surface area contributed by atoms with Crippen LogP contribution in [0.25, 0.3) is 11.3 Å². The number of nitrogens with zero attached hydrogens (tertiary/aromatic N) is 2. The molecule has 3 nitrogen and oxygen atoms in total. The zero-order valence-electron chi connectivity index (χ0n) is 7.49. The van der Waals surface area contributed by atoms with Gasteiger partial charge in [-0.15, -0.1) is 0 Å². The lowest BCUT2D eigenvalue weighted by Crippen LogP contribution is -1.90. The van der Waals surface area contributed by atoms with Crippen LogP contribution in [0.15, 0.2) is 18.2 Å². The quantitative estimate of drug-likeness (QED) is 0.783. The Morgan fingerprint density at radius 2 is 2.07 bits per heavy atom. The number of nitrogens with two attached hydrogens (primary N) is 1. The molecule has 0 saturated heterocycles. The van der Waals surface area contributed by atoms with E-state index in [4.69, 9.17) is 5.73 Å². The highest BCUT2D eigenvalue weighted by molar-refractivity contribution is 6.99. The largest absolute Gasteiger partial charge is 0.381 e. The molecule has 0 fully saturated rings. The van der Waals surface area contributed by atoms with Crippen molar-refractivity contribution in [2.45, 2.75) is 6.92 Å². The van der Waals surface area contributed by atoms with Gasteiger partial charge in [-0.1, -0.05) is 0 Å². The second kappa shape index (κ2) is 3.34. The Bertz CT molecular complexity index is 447. The van der Waals surface area contributed by atoms with E-state index in [0.29, 0.717) is 17.1 Å². The molecule has 5 heteroatoms. The van der Waals surface area contributed by atoms with Crippen LogP contribution in [0.1, 0.15) is 5.56 Å². The van der Waals surface area contributed by atoms with E-state index in [0.717, 1.165) is 17.3 Å². The molecule has 0 saturated carbocycles. The first-order chi connectivity index (χ1) is 6.66. The normalized spacial score (nSPS) is 10.4. The second-order valence-electron chi connectivity index (χ2n) is 3.02. The van der Waals surface area contributed by atoms with Crippen LogP contribution in [0.2, 0.25) is 0 Å². The zero-order chi connectivity index (χ0) is 10.1. The molecule has 0 aliphatic heterocycles. The highest BCUT2D eigenvalue weighted by Gasteiger charge is 2.08. The monoisotopic (exact) mass is 209 g/mol. The van der Waals surface area contributed by atoms with Gasteiger partial charge in [-0.3, -0.25) is 0 Å². The van der Waals surface area contributed by atoms with E-state index in [1.165, 1.54) is 12.1 Å². The molecule has 1 aromatic heterocycles. The number of benzene rings is 1. The molecular weight excluding hydrogens is 201 g/mol. The Hall–Kier alpha value is -1.49. The average Bonchev–Trinajstić information content (AvgIpc) is 2.49. The summed E-state index contributed by atoms with van der Waals surface area (Å²) in [5.74, 6) is 0.0624. The van der Waals surface area contributed by atoms with Gasteiger partial charge >= 0.3 is 0 Å². The number of hydrogen-bond acceptors (Lipinski definition) is 4. The van der Waals surface area contributed by atoms with Gasteiger partial charge < -0.3 is 5.73 Å². The lowest BCUT2D eigenvalue weighted by atomic mass is 10.1. The zero-order valence-corrected chi connectivity index (χ0v) is 8.31. The molecule has 0 atom stereocenters. The van der Waals surface area contributed by atoms with Crippen molar-refractivity contribution < 1.29 is 4.39 Å². The van der Waals surface area contributed by atoms with Gasteiger partial charge in [-0.25, -0.2) is 4.39 Å². The number of halogens is 1.